The first-order valence-corrected chi connectivity index (χ1v) is 8.57. The number of hydrogen-bond acceptors (Lipinski definition) is 6. The predicted octanol–water partition coefficient (Wildman–Crippen LogP) is 3.82. The minimum atomic E-state index is 0.348. The zero-order valence-corrected chi connectivity index (χ0v) is 15.0. The van der Waals surface area contributed by atoms with Crippen molar-refractivity contribution in [1.29, 1.82) is 0 Å². The lowest BCUT2D eigenvalue weighted by molar-refractivity contribution is 0.574. The summed E-state index contributed by atoms with van der Waals surface area (Å²) in [5.74, 6) is 2.33. The first kappa shape index (κ1) is 16.3. The van der Waals surface area contributed by atoms with Gasteiger partial charge in [-0.25, -0.2) is 9.97 Å². The van der Waals surface area contributed by atoms with Gasteiger partial charge >= 0.3 is 0 Å². The third-order valence-electron chi connectivity index (χ3n) is 4.25. The Balaban J connectivity index is 1.68. The van der Waals surface area contributed by atoms with Gasteiger partial charge in [0.05, 0.1) is 12.4 Å². The van der Waals surface area contributed by atoms with Crippen LogP contribution >= 0.6 is 0 Å². The fourth-order valence-electron chi connectivity index (χ4n) is 2.94. The highest BCUT2D eigenvalue weighted by atomic mass is 16.3. The zero-order chi connectivity index (χ0) is 18.1. The van der Waals surface area contributed by atoms with Crippen molar-refractivity contribution in [3.8, 4) is 11.5 Å². The molecule has 0 bridgehead atoms. The van der Waals surface area contributed by atoms with Crippen LogP contribution in [-0.2, 0) is 6.54 Å². The van der Waals surface area contributed by atoms with Crippen molar-refractivity contribution in [1.82, 2.24) is 24.6 Å². The second-order valence-electron chi connectivity index (χ2n) is 6.43. The SMILES string of the molecule is Cc1nc(NCc2ccccc2-c2ncco2)n2ncc(C(C)C)c2n1. The van der Waals surface area contributed by atoms with Gasteiger partial charge in [0.25, 0.3) is 0 Å². The number of fused-ring (bicyclic) bond motifs is 1. The molecule has 0 aliphatic rings. The fraction of sp³-hybridized carbons (Fsp3) is 0.263. The van der Waals surface area contributed by atoms with Crippen molar-refractivity contribution in [2.75, 3.05) is 5.32 Å². The Bertz CT molecular complexity index is 1040. The van der Waals surface area contributed by atoms with Crippen molar-refractivity contribution in [2.45, 2.75) is 33.2 Å². The second kappa shape index (κ2) is 6.59. The van der Waals surface area contributed by atoms with Crippen LogP contribution in [0.25, 0.3) is 17.1 Å². The third-order valence-corrected chi connectivity index (χ3v) is 4.25. The molecule has 4 rings (SSSR count). The van der Waals surface area contributed by atoms with Gasteiger partial charge in [-0.3, -0.25) is 0 Å². The molecule has 0 amide bonds. The molecule has 26 heavy (non-hydrogen) atoms. The number of benzene rings is 1. The van der Waals surface area contributed by atoms with E-state index in [9.17, 15) is 0 Å². The molecule has 0 unspecified atom stereocenters. The van der Waals surface area contributed by atoms with Gasteiger partial charge in [-0.15, -0.1) is 0 Å². The molecule has 0 fully saturated rings. The number of nitrogens with one attached hydrogen (secondary N) is 1. The molecule has 0 aliphatic carbocycles. The minimum absolute atomic E-state index is 0.348. The van der Waals surface area contributed by atoms with E-state index in [0.29, 0.717) is 30.1 Å². The van der Waals surface area contributed by atoms with Gasteiger partial charge in [0.15, 0.2) is 5.65 Å². The zero-order valence-electron chi connectivity index (χ0n) is 15.0. The number of aryl methyl sites for hydroxylation is 1. The second-order valence-corrected chi connectivity index (χ2v) is 6.43. The Labute approximate surface area is 151 Å². The summed E-state index contributed by atoms with van der Waals surface area (Å²) in [4.78, 5) is 13.3. The van der Waals surface area contributed by atoms with Crippen molar-refractivity contribution in [3.05, 3.63) is 59.9 Å². The third kappa shape index (κ3) is 2.92. The number of nitrogens with zero attached hydrogens (tertiary/aromatic N) is 5. The molecule has 1 aromatic carbocycles. The molecule has 7 nitrogen and oxygen atoms in total. The van der Waals surface area contributed by atoms with E-state index in [2.05, 4.69) is 39.2 Å². The van der Waals surface area contributed by atoms with Crippen molar-refractivity contribution < 1.29 is 4.42 Å². The van der Waals surface area contributed by atoms with E-state index in [4.69, 9.17) is 4.42 Å². The molecule has 0 atom stereocenters. The summed E-state index contributed by atoms with van der Waals surface area (Å²) in [5.41, 5.74) is 3.97. The van der Waals surface area contributed by atoms with E-state index in [1.807, 2.05) is 37.4 Å². The average molecular weight is 348 g/mol. The lowest BCUT2D eigenvalue weighted by Crippen LogP contribution is -2.10. The highest BCUT2D eigenvalue weighted by Crippen LogP contribution is 2.24. The number of rotatable bonds is 5. The molecule has 0 aliphatic heterocycles. The predicted molar refractivity (Wildman–Crippen MR) is 98.9 cm³/mol. The van der Waals surface area contributed by atoms with Crippen LogP contribution in [-0.4, -0.2) is 24.6 Å². The summed E-state index contributed by atoms with van der Waals surface area (Å²) >= 11 is 0. The molecule has 3 aromatic heterocycles. The van der Waals surface area contributed by atoms with E-state index >= 15 is 0 Å². The average Bonchev–Trinajstić information content (AvgIpc) is 3.29. The van der Waals surface area contributed by atoms with E-state index in [1.54, 1.807) is 17.0 Å². The van der Waals surface area contributed by atoms with Crippen LogP contribution in [0.4, 0.5) is 5.95 Å². The summed E-state index contributed by atoms with van der Waals surface area (Å²) < 4.78 is 7.21. The Morgan fingerprint density at radius 3 is 2.81 bits per heavy atom. The molecule has 0 saturated carbocycles. The quantitative estimate of drug-likeness (QED) is 0.590. The van der Waals surface area contributed by atoms with Gasteiger partial charge < -0.3 is 9.73 Å². The van der Waals surface area contributed by atoms with Gasteiger partial charge in [0.2, 0.25) is 11.8 Å². The van der Waals surface area contributed by atoms with Gasteiger partial charge in [-0.05, 0) is 24.5 Å². The van der Waals surface area contributed by atoms with Crippen molar-refractivity contribution in [2.24, 2.45) is 0 Å². The van der Waals surface area contributed by atoms with Gasteiger partial charge in [0.1, 0.15) is 12.1 Å². The Hall–Kier alpha value is -3.22. The van der Waals surface area contributed by atoms with Gasteiger partial charge in [0, 0.05) is 17.7 Å². The molecule has 0 radical (unpaired) electrons. The van der Waals surface area contributed by atoms with Crippen molar-refractivity contribution >= 4 is 11.6 Å². The van der Waals surface area contributed by atoms with E-state index in [0.717, 1.165) is 22.3 Å². The van der Waals surface area contributed by atoms with E-state index in [-0.39, 0.29) is 0 Å². The van der Waals surface area contributed by atoms with Crippen LogP contribution in [0.1, 0.15) is 36.7 Å². The Kier molecular flexibility index (Phi) is 4.12. The maximum atomic E-state index is 5.45. The fourth-order valence-corrected chi connectivity index (χ4v) is 2.94. The van der Waals surface area contributed by atoms with Crippen LogP contribution < -0.4 is 5.32 Å². The Morgan fingerprint density at radius 1 is 1.19 bits per heavy atom. The molecular weight excluding hydrogens is 328 g/mol. The highest BCUT2D eigenvalue weighted by molar-refractivity contribution is 5.59. The summed E-state index contributed by atoms with van der Waals surface area (Å²) in [5, 5.41) is 7.84. The number of oxazole rings is 1. The summed E-state index contributed by atoms with van der Waals surface area (Å²) in [6.45, 7) is 6.73. The minimum Gasteiger partial charge on any atom is -0.445 e. The molecule has 0 spiro atoms. The molecule has 132 valence electrons. The van der Waals surface area contributed by atoms with E-state index < -0.39 is 0 Å². The lowest BCUT2D eigenvalue weighted by atomic mass is 10.1. The first-order chi connectivity index (χ1) is 12.6. The maximum absolute atomic E-state index is 5.45. The Morgan fingerprint density at radius 2 is 2.04 bits per heavy atom. The molecule has 3 heterocycles. The maximum Gasteiger partial charge on any atom is 0.227 e. The van der Waals surface area contributed by atoms with Gasteiger partial charge in [-0.2, -0.15) is 14.6 Å². The van der Waals surface area contributed by atoms with Crippen LogP contribution in [0.2, 0.25) is 0 Å². The molecule has 1 N–H and O–H groups in total. The largest absolute Gasteiger partial charge is 0.445 e. The summed E-state index contributed by atoms with van der Waals surface area (Å²) in [7, 11) is 0. The first-order valence-electron chi connectivity index (χ1n) is 8.57. The number of anilines is 1. The molecule has 7 heteroatoms. The van der Waals surface area contributed by atoms with Crippen LogP contribution in [0.3, 0.4) is 0 Å². The smallest absolute Gasteiger partial charge is 0.227 e. The number of hydrogen-bond donors (Lipinski definition) is 1. The summed E-state index contributed by atoms with van der Waals surface area (Å²) in [6, 6.07) is 8.00. The monoisotopic (exact) mass is 348 g/mol. The van der Waals surface area contributed by atoms with Crippen LogP contribution in [0.15, 0.2) is 47.3 Å². The number of aromatic nitrogens is 5. The highest BCUT2D eigenvalue weighted by Gasteiger charge is 2.14. The summed E-state index contributed by atoms with van der Waals surface area (Å²) in [6.07, 6.45) is 5.09. The van der Waals surface area contributed by atoms with E-state index in [1.165, 1.54) is 0 Å². The lowest BCUT2D eigenvalue weighted by Gasteiger charge is -2.11. The topological polar surface area (TPSA) is 81.1 Å². The molecule has 4 aromatic rings. The van der Waals surface area contributed by atoms with Crippen LogP contribution in [0, 0.1) is 6.92 Å². The molecule has 0 saturated heterocycles. The normalized spacial score (nSPS) is 11.4. The standard InChI is InChI=1S/C19H20N6O/c1-12(2)16-11-22-25-17(16)23-13(3)24-19(25)21-10-14-6-4-5-7-15(14)18-20-8-9-26-18/h4-9,11-12H,10H2,1-3H3,(H,21,23,24). The molecular formula is C19H20N6O. The van der Waals surface area contributed by atoms with Gasteiger partial charge in [-0.1, -0.05) is 32.0 Å². The van der Waals surface area contributed by atoms with Crippen LogP contribution in [0.5, 0.6) is 0 Å². The van der Waals surface area contributed by atoms with Crippen molar-refractivity contribution in [3.63, 3.8) is 0 Å².